The van der Waals surface area contributed by atoms with E-state index in [1.807, 2.05) is 48.0 Å². The number of benzene rings is 1. The number of para-hydroxylation sites is 1. The molecule has 6 nitrogen and oxygen atoms in total. The predicted molar refractivity (Wildman–Crippen MR) is 123 cm³/mol. The Morgan fingerprint density at radius 3 is 2.69 bits per heavy atom. The molecule has 0 saturated carbocycles. The average Bonchev–Trinajstić information content (AvgIpc) is 3.32. The summed E-state index contributed by atoms with van der Waals surface area (Å²) >= 11 is 1.55. The lowest BCUT2D eigenvalue weighted by atomic mass is 9.72. The highest BCUT2D eigenvalue weighted by molar-refractivity contribution is 7.08. The van der Waals surface area contributed by atoms with Crippen LogP contribution in [0.1, 0.15) is 42.7 Å². The smallest absolute Gasteiger partial charge is 0.336 e. The third-order valence-electron chi connectivity index (χ3n) is 6.02. The highest BCUT2D eigenvalue weighted by atomic mass is 32.1. The number of allylic oxidation sites excluding steroid dienone is 3. The van der Waals surface area contributed by atoms with Gasteiger partial charge in [-0.2, -0.15) is 11.3 Å². The summed E-state index contributed by atoms with van der Waals surface area (Å²) in [6.07, 6.45) is 1.04. The van der Waals surface area contributed by atoms with Crippen molar-refractivity contribution in [3.8, 4) is 5.75 Å². The van der Waals surface area contributed by atoms with Gasteiger partial charge in [-0.15, -0.1) is 0 Å². The Balaban J connectivity index is 1.71. The molecule has 4 rings (SSSR count). The molecule has 1 aromatic carbocycles. The maximum Gasteiger partial charge on any atom is 0.336 e. The van der Waals surface area contributed by atoms with Gasteiger partial charge in [-0.05, 0) is 47.4 Å². The second-order valence-electron chi connectivity index (χ2n) is 7.94. The number of hydrogen-bond acceptors (Lipinski definition) is 7. The van der Waals surface area contributed by atoms with Crippen molar-refractivity contribution >= 4 is 23.1 Å². The monoisotopic (exact) mass is 453 g/mol. The van der Waals surface area contributed by atoms with E-state index in [0.717, 1.165) is 28.3 Å². The van der Waals surface area contributed by atoms with Crippen LogP contribution in [0.4, 0.5) is 0 Å². The number of esters is 1. The Bertz CT molecular complexity index is 1070. The third-order valence-corrected chi connectivity index (χ3v) is 6.72. The highest BCUT2D eigenvalue weighted by Crippen LogP contribution is 2.47. The van der Waals surface area contributed by atoms with Gasteiger partial charge in [0.25, 0.3) is 0 Å². The van der Waals surface area contributed by atoms with Crippen LogP contribution in [-0.2, 0) is 19.1 Å². The van der Waals surface area contributed by atoms with Crippen molar-refractivity contribution < 1.29 is 23.8 Å². The number of rotatable bonds is 7. The summed E-state index contributed by atoms with van der Waals surface area (Å²) in [5, 5.41) is 7.33. The van der Waals surface area contributed by atoms with Crippen molar-refractivity contribution in [3.05, 3.63) is 74.8 Å². The van der Waals surface area contributed by atoms with Gasteiger partial charge in [-0.3, -0.25) is 4.79 Å². The molecular weight excluding hydrogens is 426 g/mol. The molecule has 1 aliphatic heterocycles. The van der Waals surface area contributed by atoms with Gasteiger partial charge >= 0.3 is 5.97 Å². The zero-order valence-corrected chi connectivity index (χ0v) is 19.3. The van der Waals surface area contributed by atoms with E-state index in [2.05, 4.69) is 5.32 Å². The molecule has 0 bridgehead atoms. The minimum Gasteiger partial charge on any atom is -0.496 e. The van der Waals surface area contributed by atoms with Crippen molar-refractivity contribution in [2.45, 2.75) is 31.6 Å². The largest absolute Gasteiger partial charge is 0.496 e. The molecule has 2 heterocycles. The van der Waals surface area contributed by atoms with E-state index >= 15 is 0 Å². The lowest BCUT2D eigenvalue weighted by molar-refractivity contribution is -0.140. The molecule has 0 radical (unpaired) electrons. The van der Waals surface area contributed by atoms with Crippen LogP contribution < -0.4 is 10.1 Å². The van der Waals surface area contributed by atoms with E-state index in [9.17, 15) is 9.59 Å². The van der Waals surface area contributed by atoms with Gasteiger partial charge in [0.1, 0.15) is 12.4 Å². The van der Waals surface area contributed by atoms with E-state index in [4.69, 9.17) is 14.2 Å². The number of ether oxygens (including phenoxy) is 3. The van der Waals surface area contributed by atoms with E-state index in [0.29, 0.717) is 30.6 Å². The molecule has 1 aromatic heterocycles. The number of nitrogens with one attached hydrogen (secondary N) is 1. The van der Waals surface area contributed by atoms with Crippen LogP contribution in [-0.4, -0.2) is 39.2 Å². The van der Waals surface area contributed by atoms with Gasteiger partial charge in [-0.25, -0.2) is 4.79 Å². The number of hydrogen-bond donors (Lipinski definition) is 1. The van der Waals surface area contributed by atoms with Crippen LogP contribution >= 0.6 is 11.3 Å². The summed E-state index contributed by atoms with van der Waals surface area (Å²) in [4.78, 5) is 26.5. The topological polar surface area (TPSA) is 73.9 Å². The van der Waals surface area contributed by atoms with Crippen LogP contribution in [0.2, 0.25) is 0 Å². The normalized spacial score (nSPS) is 20.7. The minimum absolute atomic E-state index is 0.0102. The van der Waals surface area contributed by atoms with E-state index < -0.39 is 11.9 Å². The Hall–Kier alpha value is -2.90. The molecule has 1 aliphatic carbocycles. The summed E-state index contributed by atoms with van der Waals surface area (Å²) in [6, 6.07) is 9.81. The van der Waals surface area contributed by atoms with Crippen molar-refractivity contribution in [1.82, 2.24) is 5.32 Å². The fourth-order valence-corrected chi connectivity index (χ4v) is 5.29. The Morgan fingerprint density at radius 2 is 1.97 bits per heavy atom. The first-order valence-electron chi connectivity index (χ1n) is 10.6. The molecule has 0 saturated heterocycles. The first kappa shape index (κ1) is 22.3. The molecule has 2 atom stereocenters. The molecular formula is C25H27NO5S. The van der Waals surface area contributed by atoms with Gasteiger partial charge in [0.2, 0.25) is 0 Å². The minimum atomic E-state index is -0.432. The SMILES string of the molecule is COCCOC(=O)C1=C(C)NC2=C(C(=O)CC(c3ccccc3OC)C2)C1c1ccsc1. The predicted octanol–water partition coefficient (Wildman–Crippen LogP) is 4.31. The maximum absolute atomic E-state index is 13.5. The molecule has 2 unspecified atom stereocenters. The first-order valence-corrected chi connectivity index (χ1v) is 11.5. The molecule has 32 heavy (non-hydrogen) atoms. The van der Waals surface area contributed by atoms with Crippen LogP contribution in [0.5, 0.6) is 5.75 Å². The second-order valence-corrected chi connectivity index (χ2v) is 8.72. The molecule has 7 heteroatoms. The van der Waals surface area contributed by atoms with Gasteiger partial charge in [0.05, 0.1) is 19.3 Å². The fraction of sp³-hybridized carbons (Fsp3) is 0.360. The molecule has 1 N–H and O–H groups in total. The molecule has 168 valence electrons. The number of ketones is 1. The van der Waals surface area contributed by atoms with Crippen molar-refractivity contribution in [1.29, 1.82) is 0 Å². The number of carbonyl (C=O) groups excluding carboxylic acids is 2. The Morgan fingerprint density at radius 1 is 1.16 bits per heavy atom. The van der Waals surface area contributed by atoms with Crippen LogP contribution in [0.3, 0.4) is 0 Å². The Labute approximate surface area is 191 Å². The van der Waals surface area contributed by atoms with Crippen molar-refractivity contribution in [3.63, 3.8) is 0 Å². The molecule has 0 fully saturated rings. The zero-order chi connectivity index (χ0) is 22.7. The maximum atomic E-state index is 13.5. The number of thiophene rings is 1. The summed E-state index contributed by atoms with van der Waals surface area (Å²) < 4.78 is 16.0. The van der Waals surface area contributed by atoms with Crippen LogP contribution in [0, 0.1) is 0 Å². The quantitative estimate of drug-likeness (QED) is 0.498. The number of methoxy groups -OCH3 is 2. The summed E-state index contributed by atoms with van der Waals surface area (Å²) in [7, 11) is 3.21. The number of dihydropyridines is 1. The summed E-state index contributed by atoms with van der Waals surface area (Å²) in [5.74, 6) is -0.0149. The lowest BCUT2D eigenvalue weighted by Crippen LogP contribution is -2.36. The molecule has 0 spiro atoms. The third kappa shape index (κ3) is 4.23. The van der Waals surface area contributed by atoms with E-state index in [-0.39, 0.29) is 18.3 Å². The lowest BCUT2D eigenvalue weighted by Gasteiger charge is -2.36. The standard InChI is InChI=1S/C25H27NO5S/c1-15-22(25(28)31-10-9-29-2)23(16-8-11-32-14-16)24-19(26-15)12-17(13-20(24)27)18-6-4-5-7-21(18)30-3/h4-8,11,14,17,23,26H,9-10,12-13H2,1-3H3. The zero-order valence-electron chi connectivity index (χ0n) is 18.5. The van der Waals surface area contributed by atoms with Crippen LogP contribution in [0.25, 0.3) is 0 Å². The number of carbonyl (C=O) groups is 2. The molecule has 0 amide bonds. The highest BCUT2D eigenvalue weighted by Gasteiger charge is 2.41. The number of Topliss-reactive ketones (excluding diaryl/α,β-unsaturated/α-hetero) is 1. The van der Waals surface area contributed by atoms with Gasteiger partial charge in [-0.1, -0.05) is 18.2 Å². The average molecular weight is 454 g/mol. The summed E-state index contributed by atoms with van der Waals surface area (Å²) in [5.41, 5.74) is 4.71. The second kappa shape index (κ2) is 9.71. The van der Waals surface area contributed by atoms with Gasteiger partial charge in [0, 0.05) is 42.3 Å². The van der Waals surface area contributed by atoms with Crippen LogP contribution in [0.15, 0.2) is 63.6 Å². The van der Waals surface area contributed by atoms with E-state index in [1.54, 1.807) is 25.6 Å². The molecule has 2 aliphatic rings. The Kier molecular flexibility index (Phi) is 6.77. The first-order chi connectivity index (χ1) is 15.5. The van der Waals surface area contributed by atoms with E-state index in [1.165, 1.54) is 0 Å². The van der Waals surface area contributed by atoms with Gasteiger partial charge < -0.3 is 19.5 Å². The van der Waals surface area contributed by atoms with Gasteiger partial charge in [0.15, 0.2) is 5.78 Å². The molecule has 2 aromatic rings. The summed E-state index contributed by atoms with van der Waals surface area (Å²) in [6.45, 7) is 2.35. The fourth-order valence-electron chi connectivity index (χ4n) is 4.60. The van der Waals surface area contributed by atoms with Crippen molar-refractivity contribution in [2.75, 3.05) is 27.4 Å². The van der Waals surface area contributed by atoms with Crippen molar-refractivity contribution in [2.24, 2.45) is 0 Å².